The predicted molar refractivity (Wildman–Crippen MR) is 33.3 cm³/mol. The Kier molecular flexibility index (Phi) is 1.61. The first-order chi connectivity index (χ1) is 4.22. The van der Waals surface area contributed by atoms with Crippen molar-refractivity contribution in [3.8, 4) is 0 Å². The summed E-state index contributed by atoms with van der Waals surface area (Å²) in [5.41, 5.74) is 0. The van der Waals surface area contributed by atoms with E-state index in [1.807, 2.05) is 0 Å². The van der Waals surface area contributed by atoms with Crippen LogP contribution < -0.4 is 0 Å². The van der Waals surface area contributed by atoms with Gasteiger partial charge in [-0.25, -0.2) is 0 Å². The highest BCUT2D eigenvalue weighted by Gasteiger charge is 2.01. The minimum Gasteiger partial charge on any atom is -0.310 e. The normalized spacial score (nSPS) is 13.6. The van der Waals surface area contributed by atoms with Crippen molar-refractivity contribution in [2.75, 3.05) is 6.26 Å². The van der Waals surface area contributed by atoms with E-state index in [9.17, 15) is 4.21 Å². The number of hydrogen-bond donors (Lipinski definition) is 0. The maximum atomic E-state index is 10.7. The number of hydrogen-bond acceptors (Lipinski definition) is 3. The van der Waals surface area contributed by atoms with Gasteiger partial charge >= 0.3 is 0 Å². The van der Waals surface area contributed by atoms with E-state index < -0.39 is 10.8 Å². The van der Waals surface area contributed by atoms with E-state index in [4.69, 9.17) is 0 Å². The molecule has 1 atom stereocenters. The Balaban J connectivity index is 3.08. The van der Waals surface area contributed by atoms with Gasteiger partial charge in [0.25, 0.3) is 0 Å². The summed E-state index contributed by atoms with van der Waals surface area (Å²) in [5.74, 6) is 0. The second kappa shape index (κ2) is 2.26. The molecular weight excluding hydrogens is 138 g/mol. The van der Waals surface area contributed by atoms with Gasteiger partial charge in [0.15, 0.2) is 0 Å². The largest absolute Gasteiger partial charge is 0.310 e. The van der Waals surface area contributed by atoms with Crippen LogP contribution in [0, 0.1) is 0 Å². The second-order valence-corrected chi connectivity index (χ2v) is 2.95. The molecule has 0 saturated carbocycles. The minimum atomic E-state index is -1.02. The maximum absolute atomic E-state index is 10.7. The molecule has 1 heterocycles. The van der Waals surface area contributed by atoms with Crippen LogP contribution in [0.4, 0.5) is 0 Å². The Bertz CT molecular complexity index is 231. The van der Waals surface area contributed by atoms with Crippen molar-refractivity contribution in [1.82, 2.24) is 14.8 Å². The van der Waals surface area contributed by atoms with Gasteiger partial charge in [-0.2, -0.15) is 0 Å². The molecule has 0 radical (unpaired) electrons. The van der Waals surface area contributed by atoms with Gasteiger partial charge in [-0.05, 0) is 0 Å². The quantitative estimate of drug-likeness (QED) is 0.538. The summed E-state index contributed by atoms with van der Waals surface area (Å²) >= 11 is 0. The smallest absolute Gasteiger partial charge is 0.220 e. The van der Waals surface area contributed by atoms with Crippen molar-refractivity contribution in [1.29, 1.82) is 0 Å². The third-order valence-electron chi connectivity index (χ3n) is 0.927. The minimum absolute atomic E-state index is 0.509. The molecule has 4 nitrogen and oxygen atoms in total. The van der Waals surface area contributed by atoms with Gasteiger partial charge in [-0.3, -0.25) is 4.21 Å². The highest BCUT2D eigenvalue weighted by molar-refractivity contribution is 7.84. The zero-order chi connectivity index (χ0) is 6.85. The lowest BCUT2D eigenvalue weighted by Gasteiger charge is -1.90. The van der Waals surface area contributed by atoms with E-state index >= 15 is 0 Å². The third-order valence-corrected chi connectivity index (χ3v) is 1.81. The van der Waals surface area contributed by atoms with Crippen molar-refractivity contribution in [2.24, 2.45) is 7.05 Å². The number of rotatable bonds is 1. The summed E-state index contributed by atoms with van der Waals surface area (Å²) < 4.78 is 12.4. The van der Waals surface area contributed by atoms with E-state index in [2.05, 4.69) is 10.2 Å². The molecule has 1 aromatic rings. The summed E-state index contributed by atoms with van der Waals surface area (Å²) in [4.78, 5) is 0. The van der Waals surface area contributed by atoms with Crippen LogP contribution in [0.25, 0.3) is 0 Å². The molecule has 50 valence electrons. The van der Waals surface area contributed by atoms with Crippen LogP contribution in [0.5, 0.6) is 0 Å². The van der Waals surface area contributed by atoms with Gasteiger partial charge in [0.2, 0.25) is 5.16 Å². The first-order valence-corrected chi connectivity index (χ1v) is 3.95. The fourth-order valence-corrected chi connectivity index (χ4v) is 1.15. The van der Waals surface area contributed by atoms with Gasteiger partial charge in [0.1, 0.15) is 6.33 Å². The molecular formula is C4H7N3OS. The van der Waals surface area contributed by atoms with E-state index in [1.165, 1.54) is 6.33 Å². The standard InChI is InChI=1S/C4H7N3OS/c1-7-3-5-6-4(7)9(2)8/h3H,1-2H3. The van der Waals surface area contributed by atoms with Gasteiger partial charge in [-0.1, -0.05) is 0 Å². The molecule has 0 aliphatic rings. The molecule has 0 bridgehead atoms. The Morgan fingerprint density at radius 3 is 2.67 bits per heavy atom. The zero-order valence-electron chi connectivity index (χ0n) is 5.24. The molecule has 1 aromatic heterocycles. The van der Waals surface area contributed by atoms with Gasteiger partial charge in [0.05, 0.1) is 10.8 Å². The molecule has 0 N–H and O–H groups in total. The zero-order valence-corrected chi connectivity index (χ0v) is 6.05. The van der Waals surface area contributed by atoms with Crippen molar-refractivity contribution in [3.05, 3.63) is 6.33 Å². The lowest BCUT2D eigenvalue weighted by atomic mass is 11.1. The monoisotopic (exact) mass is 145 g/mol. The Morgan fingerprint density at radius 2 is 2.44 bits per heavy atom. The third kappa shape index (κ3) is 1.16. The predicted octanol–water partition coefficient (Wildman–Crippen LogP) is -0.448. The number of aromatic nitrogens is 3. The second-order valence-electron chi connectivity index (χ2n) is 1.68. The van der Waals surface area contributed by atoms with E-state index in [1.54, 1.807) is 17.9 Å². The van der Waals surface area contributed by atoms with Gasteiger partial charge in [-0.15, -0.1) is 10.2 Å². The van der Waals surface area contributed by atoms with Crippen LogP contribution in [0.3, 0.4) is 0 Å². The van der Waals surface area contributed by atoms with Crippen molar-refractivity contribution in [3.63, 3.8) is 0 Å². The molecule has 5 heteroatoms. The van der Waals surface area contributed by atoms with Crippen LogP contribution in [-0.2, 0) is 17.8 Å². The van der Waals surface area contributed by atoms with Crippen molar-refractivity contribution >= 4 is 10.8 Å². The van der Waals surface area contributed by atoms with E-state index in [0.717, 1.165) is 0 Å². The molecule has 0 fully saturated rings. The lowest BCUT2D eigenvalue weighted by Crippen LogP contribution is -1.97. The van der Waals surface area contributed by atoms with E-state index in [-0.39, 0.29) is 0 Å². The highest BCUT2D eigenvalue weighted by Crippen LogP contribution is 1.94. The van der Waals surface area contributed by atoms with Gasteiger partial charge in [0, 0.05) is 13.3 Å². The summed E-state index contributed by atoms with van der Waals surface area (Å²) in [6, 6.07) is 0. The molecule has 1 rings (SSSR count). The molecule has 0 amide bonds. The summed E-state index contributed by atoms with van der Waals surface area (Å²) in [5, 5.41) is 7.70. The Hall–Kier alpha value is -0.710. The Labute approximate surface area is 55.4 Å². The number of nitrogens with zero attached hydrogens (tertiary/aromatic N) is 3. The van der Waals surface area contributed by atoms with Crippen LogP contribution >= 0.6 is 0 Å². The highest BCUT2D eigenvalue weighted by atomic mass is 32.2. The first kappa shape index (κ1) is 6.41. The molecule has 1 unspecified atom stereocenters. The molecule has 9 heavy (non-hydrogen) atoms. The van der Waals surface area contributed by atoms with Crippen molar-refractivity contribution in [2.45, 2.75) is 5.16 Å². The van der Waals surface area contributed by atoms with Crippen LogP contribution in [0.1, 0.15) is 0 Å². The first-order valence-electron chi connectivity index (χ1n) is 2.39. The lowest BCUT2D eigenvalue weighted by molar-refractivity contribution is 0.668. The average molecular weight is 145 g/mol. The van der Waals surface area contributed by atoms with Crippen molar-refractivity contribution < 1.29 is 4.21 Å². The van der Waals surface area contributed by atoms with E-state index in [0.29, 0.717) is 5.16 Å². The molecule has 0 aliphatic heterocycles. The molecule has 0 saturated heterocycles. The summed E-state index contributed by atoms with van der Waals surface area (Å²) in [6.45, 7) is 0. The molecule has 0 aliphatic carbocycles. The SMILES string of the molecule is Cn1cnnc1S(C)=O. The Morgan fingerprint density at radius 1 is 1.78 bits per heavy atom. The summed E-state index contributed by atoms with van der Waals surface area (Å²) in [6.07, 6.45) is 3.10. The van der Waals surface area contributed by atoms with Crippen LogP contribution in [0.2, 0.25) is 0 Å². The fraction of sp³-hybridized carbons (Fsp3) is 0.500. The number of aryl methyl sites for hydroxylation is 1. The van der Waals surface area contributed by atoms with Crippen LogP contribution in [0.15, 0.2) is 11.5 Å². The average Bonchev–Trinajstić information content (AvgIpc) is 2.13. The van der Waals surface area contributed by atoms with Gasteiger partial charge < -0.3 is 4.57 Å². The maximum Gasteiger partial charge on any atom is 0.220 e. The van der Waals surface area contributed by atoms with Crippen LogP contribution in [-0.4, -0.2) is 25.2 Å². The topological polar surface area (TPSA) is 47.8 Å². The molecule has 0 spiro atoms. The summed E-state index contributed by atoms with van der Waals surface area (Å²) in [7, 11) is 0.741. The fourth-order valence-electron chi connectivity index (χ4n) is 0.533. The molecule has 0 aromatic carbocycles.